The molecule has 0 aromatic carbocycles. The van der Waals surface area contributed by atoms with Crippen LogP contribution in [0.1, 0.15) is 39.2 Å². The van der Waals surface area contributed by atoms with E-state index in [1.807, 2.05) is 33.9 Å². The fraction of sp³-hybridized carbons (Fsp3) is 0.455. The van der Waals surface area contributed by atoms with E-state index in [4.69, 9.17) is 4.98 Å². The van der Waals surface area contributed by atoms with E-state index in [-0.39, 0.29) is 0 Å². The van der Waals surface area contributed by atoms with Gasteiger partial charge in [-0.25, -0.2) is 9.50 Å². The molecule has 0 amide bonds. The zero-order valence-corrected chi connectivity index (χ0v) is 18.2. The van der Waals surface area contributed by atoms with Crippen LogP contribution in [0, 0.1) is 0 Å². The molecule has 0 aliphatic rings. The molecule has 0 spiro atoms. The Morgan fingerprint density at radius 2 is 1.77 bits per heavy atom. The van der Waals surface area contributed by atoms with Gasteiger partial charge in [0.2, 0.25) is 0 Å². The summed E-state index contributed by atoms with van der Waals surface area (Å²) >= 11 is 0. The summed E-state index contributed by atoms with van der Waals surface area (Å²) in [6.07, 6.45) is 14.9. The molecule has 0 atom stereocenters. The van der Waals surface area contributed by atoms with E-state index >= 15 is 0 Å². The predicted molar refractivity (Wildman–Crippen MR) is 118 cm³/mol. The first-order chi connectivity index (χ1) is 14.6. The third kappa shape index (κ3) is 4.14. The van der Waals surface area contributed by atoms with Crippen molar-refractivity contribution in [3.8, 4) is 22.5 Å². The summed E-state index contributed by atoms with van der Waals surface area (Å²) in [5.41, 5.74) is 4.72. The third-order valence-corrected chi connectivity index (χ3v) is 5.50. The van der Waals surface area contributed by atoms with Gasteiger partial charge in [-0.15, -0.1) is 0 Å². The Bertz CT molecular complexity index is 1100. The fourth-order valence-electron chi connectivity index (χ4n) is 3.77. The number of rotatable bonds is 9. The number of aryl methyl sites for hydroxylation is 1. The molecule has 0 bridgehead atoms. The molecule has 8 nitrogen and oxygen atoms in total. The molecule has 0 unspecified atom stereocenters. The topological polar surface area (TPSA) is 69.1 Å². The number of hydrogen-bond donors (Lipinski definition) is 0. The number of aromatic nitrogens is 7. The first-order valence-corrected chi connectivity index (χ1v) is 10.7. The van der Waals surface area contributed by atoms with Crippen molar-refractivity contribution in [1.29, 1.82) is 0 Å². The molecule has 30 heavy (non-hydrogen) atoms. The standard InChI is InChI=1S/C22H30N8/c1-5-19(6-2)29-15-18(13-25-29)22-21-8-9-23-30(21)16-20(26-22)17-12-24-28(14-17)11-7-10-27(3)4/h8-9,12-16,19H,5-7,10-11H2,1-4H3. The summed E-state index contributed by atoms with van der Waals surface area (Å²) in [4.78, 5) is 7.17. The normalized spacial score (nSPS) is 11.9. The number of fused-ring (bicyclic) bond motifs is 1. The Hall–Kier alpha value is -3.00. The number of nitrogens with zero attached hydrogens (tertiary/aromatic N) is 8. The lowest BCUT2D eigenvalue weighted by Gasteiger charge is -2.12. The van der Waals surface area contributed by atoms with Gasteiger partial charge in [-0.05, 0) is 46.0 Å². The van der Waals surface area contributed by atoms with E-state index in [1.54, 1.807) is 6.20 Å². The minimum absolute atomic E-state index is 0.406. The molecule has 0 fully saturated rings. The molecule has 8 heteroatoms. The lowest BCUT2D eigenvalue weighted by atomic mass is 10.1. The highest BCUT2D eigenvalue weighted by atomic mass is 15.3. The van der Waals surface area contributed by atoms with Crippen LogP contribution in [-0.4, -0.2) is 59.7 Å². The van der Waals surface area contributed by atoms with Crippen molar-refractivity contribution in [3.05, 3.63) is 43.2 Å². The largest absolute Gasteiger partial charge is 0.309 e. The van der Waals surface area contributed by atoms with Gasteiger partial charge in [-0.3, -0.25) is 9.36 Å². The van der Waals surface area contributed by atoms with Crippen LogP contribution in [0.5, 0.6) is 0 Å². The highest BCUT2D eigenvalue weighted by Gasteiger charge is 2.15. The molecule has 0 saturated heterocycles. The molecule has 0 aliphatic heterocycles. The Labute approximate surface area is 177 Å². The summed E-state index contributed by atoms with van der Waals surface area (Å²) in [7, 11) is 4.18. The molecule has 0 N–H and O–H groups in total. The van der Waals surface area contributed by atoms with Gasteiger partial charge < -0.3 is 4.90 Å². The van der Waals surface area contributed by atoms with Crippen LogP contribution >= 0.6 is 0 Å². The maximum absolute atomic E-state index is 4.98. The molecule has 0 saturated carbocycles. The van der Waals surface area contributed by atoms with Crippen molar-refractivity contribution in [2.24, 2.45) is 0 Å². The second-order valence-electron chi connectivity index (χ2n) is 7.96. The van der Waals surface area contributed by atoms with Crippen LogP contribution in [0.2, 0.25) is 0 Å². The molecular formula is C22H30N8. The monoisotopic (exact) mass is 406 g/mol. The highest BCUT2D eigenvalue weighted by Crippen LogP contribution is 2.27. The Morgan fingerprint density at radius 1 is 0.967 bits per heavy atom. The van der Waals surface area contributed by atoms with Gasteiger partial charge in [0.05, 0.1) is 47.7 Å². The molecule has 0 radical (unpaired) electrons. The quantitative estimate of drug-likeness (QED) is 0.423. The molecule has 4 rings (SSSR count). The molecule has 0 aliphatic carbocycles. The molecule has 4 aromatic rings. The highest BCUT2D eigenvalue weighted by molar-refractivity contribution is 5.78. The second kappa shape index (κ2) is 8.79. The molecular weight excluding hydrogens is 376 g/mol. The lowest BCUT2D eigenvalue weighted by molar-refractivity contribution is 0.380. The zero-order valence-electron chi connectivity index (χ0n) is 18.2. The van der Waals surface area contributed by atoms with Gasteiger partial charge in [0, 0.05) is 30.1 Å². The van der Waals surface area contributed by atoms with Crippen LogP contribution in [0.3, 0.4) is 0 Å². The average molecular weight is 407 g/mol. The SMILES string of the molecule is CCC(CC)n1cc(-c2nc(-c3cnn(CCCN(C)C)c3)cn3nccc23)cn1. The summed E-state index contributed by atoms with van der Waals surface area (Å²) in [5, 5.41) is 13.6. The fourth-order valence-corrected chi connectivity index (χ4v) is 3.77. The Kier molecular flexibility index (Phi) is 5.94. The lowest BCUT2D eigenvalue weighted by Crippen LogP contribution is -2.15. The summed E-state index contributed by atoms with van der Waals surface area (Å²) in [6, 6.07) is 2.40. The van der Waals surface area contributed by atoms with E-state index < -0.39 is 0 Å². The van der Waals surface area contributed by atoms with E-state index in [0.29, 0.717) is 6.04 Å². The van der Waals surface area contributed by atoms with Crippen molar-refractivity contribution >= 4 is 5.52 Å². The average Bonchev–Trinajstić information content (AvgIpc) is 3.48. The summed E-state index contributed by atoms with van der Waals surface area (Å²) in [6.45, 7) is 6.31. The molecule has 158 valence electrons. The first kappa shape index (κ1) is 20.3. The summed E-state index contributed by atoms with van der Waals surface area (Å²) < 4.78 is 5.92. The van der Waals surface area contributed by atoms with Crippen molar-refractivity contribution in [2.75, 3.05) is 20.6 Å². The van der Waals surface area contributed by atoms with Gasteiger partial charge in [-0.2, -0.15) is 15.3 Å². The minimum atomic E-state index is 0.406. The van der Waals surface area contributed by atoms with Crippen LogP contribution in [-0.2, 0) is 6.54 Å². The van der Waals surface area contributed by atoms with Crippen molar-refractivity contribution < 1.29 is 0 Å². The van der Waals surface area contributed by atoms with Crippen molar-refractivity contribution in [3.63, 3.8) is 0 Å². The number of hydrogen-bond acceptors (Lipinski definition) is 5. The Morgan fingerprint density at radius 3 is 2.53 bits per heavy atom. The van der Waals surface area contributed by atoms with E-state index in [9.17, 15) is 0 Å². The van der Waals surface area contributed by atoms with Gasteiger partial charge in [0.15, 0.2) is 0 Å². The summed E-state index contributed by atoms with van der Waals surface area (Å²) in [5.74, 6) is 0. The molecule has 4 aromatic heterocycles. The molecule has 4 heterocycles. The van der Waals surface area contributed by atoms with Crippen molar-refractivity contribution in [1.82, 2.24) is 39.1 Å². The zero-order chi connectivity index (χ0) is 21.1. The van der Waals surface area contributed by atoms with E-state index in [1.165, 1.54) is 0 Å². The third-order valence-electron chi connectivity index (χ3n) is 5.50. The van der Waals surface area contributed by atoms with E-state index in [0.717, 1.165) is 60.4 Å². The van der Waals surface area contributed by atoms with Crippen LogP contribution < -0.4 is 0 Å². The van der Waals surface area contributed by atoms with Crippen molar-refractivity contribution in [2.45, 2.75) is 45.7 Å². The van der Waals surface area contributed by atoms with Gasteiger partial charge in [0.1, 0.15) is 0 Å². The van der Waals surface area contributed by atoms with Crippen LogP contribution in [0.25, 0.3) is 28.0 Å². The van der Waals surface area contributed by atoms with Gasteiger partial charge in [-0.1, -0.05) is 13.8 Å². The van der Waals surface area contributed by atoms with Gasteiger partial charge >= 0.3 is 0 Å². The second-order valence-corrected chi connectivity index (χ2v) is 7.96. The van der Waals surface area contributed by atoms with Gasteiger partial charge in [0.25, 0.3) is 0 Å². The first-order valence-electron chi connectivity index (χ1n) is 10.7. The smallest absolute Gasteiger partial charge is 0.0999 e. The van der Waals surface area contributed by atoms with Crippen LogP contribution in [0.4, 0.5) is 0 Å². The van der Waals surface area contributed by atoms with E-state index in [2.05, 4.69) is 65.2 Å². The van der Waals surface area contributed by atoms with Crippen LogP contribution in [0.15, 0.2) is 43.2 Å². The Balaban J connectivity index is 1.66. The minimum Gasteiger partial charge on any atom is -0.309 e. The maximum atomic E-state index is 4.98. The maximum Gasteiger partial charge on any atom is 0.0999 e. The predicted octanol–water partition coefficient (Wildman–Crippen LogP) is 3.77.